The van der Waals surface area contributed by atoms with E-state index in [4.69, 9.17) is 0 Å². The minimum absolute atomic E-state index is 0.147. The fraction of sp³-hybridized carbons (Fsp3) is 0.324. The van der Waals surface area contributed by atoms with E-state index in [0.29, 0.717) is 5.92 Å². The van der Waals surface area contributed by atoms with Crippen LogP contribution in [0.3, 0.4) is 0 Å². The zero-order valence-electron chi connectivity index (χ0n) is 21.1. The molecule has 1 heteroatoms. The first-order valence-corrected chi connectivity index (χ1v) is 13.3. The first-order chi connectivity index (χ1) is 17.0. The quantitative estimate of drug-likeness (QED) is 0.360. The highest BCUT2D eigenvalue weighted by molar-refractivity contribution is 6.02. The molecule has 0 saturated heterocycles. The van der Waals surface area contributed by atoms with Gasteiger partial charge in [0.25, 0.3) is 0 Å². The zero-order valence-corrected chi connectivity index (χ0v) is 21.1. The number of ketones is 1. The van der Waals surface area contributed by atoms with Crippen LogP contribution in [0.5, 0.6) is 0 Å². The molecule has 2 aliphatic carbocycles. The highest BCUT2D eigenvalue weighted by atomic mass is 16.1. The second-order valence-electron chi connectivity index (χ2n) is 10.5. The smallest absolute Gasteiger partial charge is 0.163 e. The number of carbonyl (C=O) groups excluding carboxylic acids is 1. The largest absolute Gasteiger partial charge is 0.294 e. The maximum atomic E-state index is 13.0. The van der Waals surface area contributed by atoms with Crippen LogP contribution in [0.25, 0.3) is 11.6 Å². The van der Waals surface area contributed by atoms with Crippen molar-refractivity contribution in [1.82, 2.24) is 0 Å². The molecule has 0 heterocycles. The monoisotopic (exact) mass is 460 g/mol. The molecule has 1 atom stereocenters. The van der Waals surface area contributed by atoms with Crippen LogP contribution in [0.1, 0.15) is 90.3 Å². The summed E-state index contributed by atoms with van der Waals surface area (Å²) in [5.41, 5.74) is 9.59. The summed E-state index contributed by atoms with van der Waals surface area (Å²) >= 11 is 0. The Bertz CT molecular complexity index is 1250. The summed E-state index contributed by atoms with van der Waals surface area (Å²) in [5.74, 6) is 1.61. The average molecular weight is 461 g/mol. The van der Waals surface area contributed by atoms with Crippen LogP contribution in [0, 0.1) is 5.92 Å². The summed E-state index contributed by atoms with van der Waals surface area (Å²) in [6, 6.07) is 24.1. The van der Waals surface area contributed by atoms with Crippen LogP contribution in [-0.2, 0) is 17.6 Å². The Morgan fingerprint density at radius 3 is 2.26 bits per heavy atom. The first-order valence-electron chi connectivity index (χ1n) is 13.3. The van der Waals surface area contributed by atoms with E-state index >= 15 is 0 Å². The fourth-order valence-electron chi connectivity index (χ4n) is 5.91. The van der Waals surface area contributed by atoms with Crippen LogP contribution in [-0.4, -0.2) is 5.78 Å². The van der Waals surface area contributed by atoms with Gasteiger partial charge in [-0.15, -0.1) is 0 Å². The Hall–Kier alpha value is -3.19. The van der Waals surface area contributed by atoms with Gasteiger partial charge in [-0.2, -0.15) is 0 Å². The number of hydrogen-bond donors (Lipinski definition) is 0. The Labute approximate surface area is 210 Å². The summed E-state index contributed by atoms with van der Waals surface area (Å²) in [7, 11) is 0. The highest BCUT2D eigenvalue weighted by Crippen LogP contribution is 2.37. The summed E-state index contributed by atoms with van der Waals surface area (Å²) < 4.78 is 0. The molecule has 5 rings (SSSR count). The van der Waals surface area contributed by atoms with Gasteiger partial charge in [-0.3, -0.25) is 4.79 Å². The predicted molar refractivity (Wildman–Crippen MR) is 148 cm³/mol. The van der Waals surface area contributed by atoms with E-state index in [2.05, 4.69) is 87.2 Å². The number of carbonyl (C=O) groups is 1. The van der Waals surface area contributed by atoms with Crippen molar-refractivity contribution in [2.75, 3.05) is 0 Å². The highest BCUT2D eigenvalue weighted by Gasteiger charge is 2.26. The molecule has 1 unspecified atom stereocenters. The molecule has 0 bridgehead atoms. The van der Waals surface area contributed by atoms with Gasteiger partial charge in [0.05, 0.1) is 5.92 Å². The predicted octanol–water partition coefficient (Wildman–Crippen LogP) is 8.53. The van der Waals surface area contributed by atoms with Gasteiger partial charge in [-0.05, 0) is 94.2 Å². The topological polar surface area (TPSA) is 17.1 Å². The number of rotatable bonds is 6. The molecular weight excluding hydrogens is 424 g/mol. The Kier molecular flexibility index (Phi) is 6.86. The van der Waals surface area contributed by atoms with Gasteiger partial charge in [-0.1, -0.05) is 100 Å². The van der Waals surface area contributed by atoms with Gasteiger partial charge in [0.1, 0.15) is 0 Å². The number of fused-ring (bicyclic) bond motifs is 1. The van der Waals surface area contributed by atoms with Gasteiger partial charge >= 0.3 is 0 Å². The van der Waals surface area contributed by atoms with Crippen molar-refractivity contribution in [3.63, 3.8) is 0 Å². The number of aryl methyl sites for hydroxylation is 1. The lowest BCUT2D eigenvalue weighted by Gasteiger charge is -2.26. The Morgan fingerprint density at radius 2 is 1.54 bits per heavy atom. The van der Waals surface area contributed by atoms with Gasteiger partial charge in [0.2, 0.25) is 0 Å². The van der Waals surface area contributed by atoms with Crippen molar-refractivity contribution in [2.45, 2.75) is 64.2 Å². The fourth-order valence-corrected chi connectivity index (χ4v) is 5.91. The van der Waals surface area contributed by atoms with Crippen LogP contribution in [0.4, 0.5) is 0 Å². The van der Waals surface area contributed by atoms with E-state index in [1.165, 1.54) is 42.4 Å². The van der Waals surface area contributed by atoms with Crippen molar-refractivity contribution >= 4 is 17.4 Å². The summed E-state index contributed by atoms with van der Waals surface area (Å²) in [4.78, 5) is 13.0. The summed E-state index contributed by atoms with van der Waals surface area (Å²) in [5, 5.41) is 0. The SMILES string of the molecule is C=C(c1ccc(C2CCC(C)CC2)cc1)c1ccc2c(c1)C(Cc1ccccc1CC)C(=O)C=C2. The third-order valence-corrected chi connectivity index (χ3v) is 8.25. The lowest BCUT2D eigenvalue weighted by Crippen LogP contribution is -2.18. The van der Waals surface area contributed by atoms with E-state index in [1.807, 2.05) is 6.08 Å². The molecule has 0 N–H and O–H groups in total. The maximum Gasteiger partial charge on any atom is 0.163 e. The van der Waals surface area contributed by atoms with E-state index in [1.54, 1.807) is 6.08 Å². The minimum Gasteiger partial charge on any atom is -0.294 e. The normalized spacial score (nSPS) is 21.5. The Morgan fingerprint density at radius 1 is 0.857 bits per heavy atom. The number of allylic oxidation sites excluding steroid dienone is 1. The second-order valence-corrected chi connectivity index (χ2v) is 10.5. The lowest BCUT2D eigenvalue weighted by atomic mass is 9.79. The molecule has 0 aliphatic heterocycles. The van der Waals surface area contributed by atoms with E-state index in [0.717, 1.165) is 46.6 Å². The molecule has 1 fully saturated rings. The molecule has 1 nitrogen and oxygen atoms in total. The first kappa shape index (κ1) is 23.5. The second kappa shape index (κ2) is 10.2. The molecule has 3 aromatic carbocycles. The number of benzene rings is 3. The van der Waals surface area contributed by atoms with E-state index in [9.17, 15) is 4.79 Å². The van der Waals surface area contributed by atoms with E-state index in [-0.39, 0.29) is 11.7 Å². The molecule has 0 radical (unpaired) electrons. The van der Waals surface area contributed by atoms with Gasteiger partial charge in [-0.25, -0.2) is 0 Å². The van der Waals surface area contributed by atoms with Crippen molar-refractivity contribution in [2.24, 2.45) is 5.92 Å². The molecule has 178 valence electrons. The Balaban J connectivity index is 1.39. The molecule has 3 aromatic rings. The van der Waals surface area contributed by atoms with E-state index < -0.39 is 0 Å². The van der Waals surface area contributed by atoms with Crippen LogP contribution in [0.2, 0.25) is 0 Å². The van der Waals surface area contributed by atoms with Crippen molar-refractivity contribution in [3.05, 3.63) is 118 Å². The third kappa shape index (κ3) is 4.96. The van der Waals surface area contributed by atoms with Crippen LogP contribution < -0.4 is 0 Å². The van der Waals surface area contributed by atoms with Crippen molar-refractivity contribution < 1.29 is 4.79 Å². The minimum atomic E-state index is -0.147. The van der Waals surface area contributed by atoms with Crippen molar-refractivity contribution in [3.8, 4) is 0 Å². The molecule has 1 saturated carbocycles. The molecule has 0 spiro atoms. The third-order valence-electron chi connectivity index (χ3n) is 8.25. The average Bonchev–Trinajstić information content (AvgIpc) is 2.90. The maximum absolute atomic E-state index is 13.0. The summed E-state index contributed by atoms with van der Waals surface area (Å²) in [6.45, 7) is 9.00. The molecular formula is C34H36O. The van der Waals surface area contributed by atoms with Crippen molar-refractivity contribution in [1.29, 1.82) is 0 Å². The van der Waals surface area contributed by atoms with Gasteiger partial charge in [0.15, 0.2) is 5.78 Å². The summed E-state index contributed by atoms with van der Waals surface area (Å²) in [6.07, 6.45) is 10.7. The van der Waals surface area contributed by atoms with Gasteiger partial charge in [0, 0.05) is 0 Å². The standard InChI is InChI=1S/C34H36O/c1-4-25-7-5-6-8-31(25)22-33-32-21-30(18-17-29(32)19-20-34(33)35)24(3)26-13-15-28(16-14-26)27-11-9-23(2)10-12-27/h5-8,13-21,23,27,33H,3-4,9-12,22H2,1-2H3. The molecule has 2 aliphatic rings. The molecule has 35 heavy (non-hydrogen) atoms. The molecule has 0 amide bonds. The lowest BCUT2D eigenvalue weighted by molar-refractivity contribution is -0.116. The van der Waals surface area contributed by atoms with Gasteiger partial charge < -0.3 is 0 Å². The molecule has 0 aromatic heterocycles. The van der Waals surface area contributed by atoms with Crippen LogP contribution in [0.15, 0.2) is 79.4 Å². The zero-order chi connectivity index (χ0) is 24.4. The van der Waals surface area contributed by atoms with Crippen LogP contribution >= 0.6 is 0 Å². The number of hydrogen-bond acceptors (Lipinski definition) is 1.